The number of rotatable bonds is 6. The van der Waals surface area contributed by atoms with E-state index in [1.54, 1.807) is 0 Å². The fraction of sp³-hybridized carbons (Fsp3) is 1.00. The molecule has 0 radical (unpaired) electrons. The summed E-state index contributed by atoms with van der Waals surface area (Å²) < 4.78 is 0. The van der Waals surface area contributed by atoms with Gasteiger partial charge in [0, 0.05) is 0 Å². The Labute approximate surface area is 102 Å². The van der Waals surface area contributed by atoms with Crippen molar-refractivity contribution in [2.45, 2.75) is 59.8 Å². The SMILES string of the molecule is CC(C)CNCCC(C)C1CCC(C)CC1. The lowest BCUT2D eigenvalue weighted by Crippen LogP contribution is -2.25. The second-order valence-electron chi connectivity index (χ2n) is 6.38. The van der Waals surface area contributed by atoms with Crippen LogP contribution in [0, 0.1) is 23.7 Å². The first-order valence-electron chi connectivity index (χ1n) is 7.30. The molecule has 0 spiro atoms. The molecule has 0 amide bonds. The first-order valence-corrected chi connectivity index (χ1v) is 7.30. The lowest BCUT2D eigenvalue weighted by molar-refractivity contribution is 0.214. The van der Waals surface area contributed by atoms with Gasteiger partial charge in [0.1, 0.15) is 0 Å². The van der Waals surface area contributed by atoms with E-state index in [0.29, 0.717) is 0 Å². The van der Waals surface area contributed by atoms with E-state index in [0.717, 1.165) is 23.7 Å². The first-order chi connectivity index (χ1) is 7.59. The molecule has 16 heavy (non-hydrogen) atoms. The average molecular weight is 225 g/mol. The van der Waals surface area contributed by atoms with Crippen LogP contribution in [0.2, 0.25) is 0 Å². The van der Waals surface area contributed by atoms with Crippen molar-refractivity contribution in [2.24, 2.45) is 23.7 Å². The quantitative estimate of drug-likeness (QED) is 0.672. The zero-order chi connectivity index (χ0) is 12.0. The molecule has 1 rings (SSSR count). The normalized spacial score (nSPS) is 28.3. The summed E-state index contributed by atoms with van der Waals surface area (Å²) in [5.74, 6) is 3.71. The van der Waals surface area contributed by atoms with Gasteiger partial charge < -0.3 is 5.32 Å². The lowest BCUT2D eigenvalue weighted by atomic mass is 9.76. The second-order valence-corrected chi connectivity index (χ2v) is 6.38. The van der Waals surface area contributed by atoms with Crippen molar-refractivity contribution < 1.29 is 0 Å². The highest BCUT2D eigenvalue weighted by Crippen LogP contribution is 2.34. The molecule has 1 aliphatic carbocycles. The van der Waals surface area contributed by atoms with Gasteiger partial charge in [0.2, 0.25) is 0 Å². The molecular weight excluding hydrogens is 194 g/mol. The van der Waals surface area contributed by atoms with Crippen LogP contribution in [0.15, 0.2) is 0 Å². The van der Waals surface area contributed by atoms with Gasteiger partial charge >= 0.3 is 0 Å². The molecular formula is C15H31N. The van der Waals surface area contributed by atoms with Crippen LogP contribution in [0.3, 0.4) is 0 Å². The van der Waals surface area contributed by atoms with E-state index in [1.165, 1.54) is 45.2 Å². The van der Waals surface area contributed by atoms with Crippen molar-refractivity contribution >= 4 is 0 Å². The summed E-state index contributed by atoms with van der Waals surface area (Å²) in [5, 5.41) is 3.56. The van der Waals surface area contributed by atoms with E-state index in [4.69, 9.17) is 0 Å². The number of hydrogen-bond acceptors (Lipinski definition) is 1. The van der Waals surface area contributed by atoms with Crippen molar-refractivity contribution in [1.29, 1.82) is 0 Å². The highest BCUT2D eigenvalue weighted by Gasteiger charge is 2.22. The van der Waals surface area contributed by atoms with Crippen molar-refractivity contribution in [3.63, 3.8) is 0 Å². The third kappa shape index (κ3) is 5.34. The van der Waals surface area contributed by atoms with Crippen molar-refractivity contribution in [2.75, 3.05) is 13.1 Å². The fourth-order valence-electron chi connectivity index (χ4n) is 2.81. The maximum absolute atomic E-state index is 3.56. The predicted molar refractivity (Wildman–Crippen MR) is 72.6 cm³/mol. The Bertz CT molecular complexity index is 168. The topological polar surface area (TPSA) is 12.0 Å². The smallest absolute Gasteiger partial charge is 0.00258 e. The summed E-state index contributed by atoms with van der Waals surface area (Å²) in [5.41, 5.74) is 0. The molecule has 1 atom stereocenters. The van der Waals surface area contributed by atoms with E-state index in [9.17, 15) is 0 Å². The number of nitrogens with one attached hydrogen (secondary N) is 1. The molecule has 1 heteroatoms. The predicted octanol–water partition coefficient (Wildman–Crippen LogP) is 4.08. The van der Waals surface area contributed by atoms with Gasteiger partial charge in [0.05, 0.1) is 0 Å². The van der Waals surface area contributed by atoms with Crippen LogP contribution in [-0.4, -0.2) is 13.1 Å². The van der Waals surface area contributed by atoms with Crippen LogP contribution in [0.4, 0.5) is 0 Å². The summed E-state index contributed by atoms with van der Waals surface area (Å²) in [4.78, 5) is 0. The number of hydrogen-bond donors (Lipinski definition) is 1. The molecule has 1 nitrogen and oxygen atoms in total. The molecule has 0 heterocycles. The van der Waals surface area contributed by atoms with Crippen LogP contribution >= 0.6 is 0 Å². The second kappa shape index (κ2) is 7.32. The van der Waals surface area contributed by atoms with E-state index >= 15 is 0 Å². The van der Waals surface area contributed by atoms with Crippen LogP contribution < -0.4 is 5.32 Å². The fourth-order valence-corrected chi connectivity index (χ4v) is 2.81. The van der Waals surface area contributed by atoms with E-state index < -0.39 is 0 Å². The first kappa shape index (κ1) is 14.0. The summed E-state index contributed by atoms with van der Waals surface area (Å²) in [7, 11) is 0. The van der Waals surface area contributed by atoms with Gasteiger partial charge in [0.15, 0.2) is 0 Å². The van der Waals surface area contributed by atoms with Gasteiger partial charge in [0.25, 0.3) is 0 Å². The monoisotopic (exact) mass is 225 g/mol. The van der Waals surface area contributed by atoms with Crippen molar-refractivity contribution in [1.82, 2.24) is 5.32 Å². The molecule has 0 saturated heterocycles. The van der Waals surface area contributed by atoms with Gasteiger partial charge in [-0.2, -0.15) is 0 Å². The molecule has 0 aliphatic heterocycles. The molecule has 0 aromatic heterocycles. The van der Waals surface area contributed by atoms with Gasteiger partial charge in [-0.15, -0.1) is 0 Å². The standard InChI is InChI=1S/C15H31N/c1-12(2)11-16-10-9-14(4)15-7-5-13(3)6-8-15/h12-16H,5-11H2,1-4H3. The molecule has 1 fully saturated rings. The molecule has 1 N–H and O–H groups in total. The Morgan fingerprint density at radius 3 is 2.25 bits per heavy atom. The minimum absolute atomic E-state index is 0.783. The Hall–Kier alpha value is -0.0400. The van der Waals surface area contributed by atoms with Crippen LogP contribution in [0.5, 0.6) is 0 Å². The molecule has 1 saturated carbocycles. The Morgan fingerprint density at radius 2 is 1.69 bits per heavy atom. The maximum atomic E-state index is 3.56. The van der Waals surface area contributed by atoms with Crippen LogP contribution in [-0.2, 0) is 0 Å². The maximum Gasteiger partial charge on any atom is -0.00258 e. The molecule has 0 bridgehead atoms. The Kier molecular flexibility index (Phi) is 6.41. The highest BCUT2D eigenvalue weighted by atomic mass is 14.8. The third-order valence-corrected chi connectivity index (χ3v) is 4.19. The minimum Gasteiger partial charge on any atom is -0.316 e. The highest BCUT2D eigenvalue weighted by molar-refractivity contribution is 4.74. The van der Waals surface area contributed by atoms with Gasteiger partial charge in [-0.05, 0) is 56.0 Å². The average Bonchev–Trinajstić information content (AvgIpc) is 2.25. The van der Waals surface area contributed by atoms with Gasteiger partial charge in [-0.1, -0.05) is 40.5 Å². The van der Waals surface area contributed by atoms with Crippen LogP contribution in [0.1, 0.15) is 59.8 Å². The Balaban J connectivity index is 2.08. The van der Waals surface area contributed by atoms with Crippen molar-refractivity contribution in [3.05, 3.63) is 0 Å². The molecule has 0 aromatic carbocycles. The Morgan fingerprint density at radius 1 is 1.06 bits per heavy atom. The van der Waals surface area contributed by atoms with Crippen molar-refractivity contribution in [3.8, 4) is 0 Å². The lowest BCUT2D eigenvalue weighted by Gasteiger charge is -2.30. The molecule has 1 aliphatic rings. The zero-order valence-corrected chi connectivity index (χ0v) is 11.8. The summed E-state index contributed by atoms with van der Waals surface area (Å²) in [6.07, 6.45) is 7.26. The van der Waals surface area contributed by atoms with E-state index in [2.05, 4.69) is 33.0 Å². The molecule has 1 unspecified atom stereocenters. The van der Waals surface area contributed by atoms with Gasteiger partial charge in [-0.3, -0.25) is 0 Å². The minimum atomic E-state index is 0.783. The summed E-state index contributed by atoms with van der Waals surface area (Å²) in [6, 6.07) is 0. The summed E-state index contributed by atoms with van der Waals surface area (Å²) in [6.45, 7) is 11.8. The summed E-state index contributed by atoms with van der Waals surface area (Å²) >= 11 is 0. The third-order valence-electron chi connectivity index (χ3n) is 4.19. The molecule has 96 valence electrons. The van der Waals surface area contributed by atoms with E-state index in [1.807, 2.05) is 0 Å². The zero-order valence-electron chi connectivity index (χ0n) is 11.8. The van der Waals surface area contributed by atoms with E-state index in [-0.39, 0.29) is 0 Å². The van der Waals surface area contributed by atoms with Crippen LogP contribution in [0.25, 0.3) is 0 Å². The van der Waals surface area contributed by atoms with Gasteiger partial charge in [-0.25, -0.2) is 0 Å². The largest absolute Gasteiger partial charge is 0.316 e. The molecule has 0 aromatic rings.